The van der Waals surface area contributed by atoms with Crippen molar-refractivity contribution < 1.29 is 9.90 Å². The van der Waals surface area contributed by atoms with E-state index >= 15 is 0 Å². The van der Waals surface area contributed by atoms with Gasteiger partial charge in [0.15, 0.2) is 5.65 Å². The van der Waals surface area contributed by atoms with Gasteiger partial charge in [-0.15, -0.1) is 0 Å². The van der Waals surface area contributed by atoms with E-state index in [4.69, 9.17) is 5.73 Å². The molecule has 0 saturated heterocycles. The number of aromatic carboxylic acids is 1. The van der Waals surface area contributed by atoms with E-state index in [9.17, 15) is 9.90 Å². The molecule has 0 amide bonds. The summed E-state index contributed by atoms with van der Waals surface area (Å²) in [4.78, 5) is 19.7. The van der Waals surface area contributed by atoms with Crippen molar-refractivity contribution in [3.05, 3.63) is 72.7 Å². The lowest BCUT2D eigenvalue weighted by Crippen LogP contribution is -2.00. The van der Waals surface area contributed by atoms with Gasteiger partial charge in [0, 0.05) is 17.4 Å². The minimum atomic E-state index is -0.976. The fraction of sp³-hybridized carbons (Fsp3) is 0. The van der Waals surface area contributed by atoms with Crippen LogP contribution in [0.4, 0.5) is 5.82 Å². The molecule has 3 N–H and O–H groups in total. The largest absolute Gasteiger partial charge is 0.478 e. The van der Waals surface area contributed by atoms with Crippen LogP contribution in [0.25, 0.3) is 27.8 Å². The van der Waals surface area contributed by atoms with Crippen LogP contribution >= 0.6 is 0 Å². The average molecular weight is 330 g/mol. The van der Waals surface area contributed by atoms with Crippen LogP contribution in [-0.2, 0) is 0 Å². The van der Waals surface area contributed by atoms with Gasteiger partial charge in [-0.3, -0.25) is 0 Å². The highest BCUT2D eigenvalue weighted by Crippen LogP contribution is 2.34. The Hall–Kier alpha value is -3.67. The maximum Gasteiger partial charge on any atom is 0.335 e. The van der Waals surface area contributed by atoms with Crippen molar-refractivity contribution in [2.75, 3.05) is 5.73 Å². The zero-order valence-electron chi connectivity index (χ0n) is 13.1. The van der Waals surface area contributed by atoms with Crippen LogP contribution in [0.1, 0.15) is 10.4 Å². The van der Waals surface area contributed by atoms with Crippen LogP contribution in [0.3, 0.4) is 0 Å². The monoisotopic (exact) mass is 330 g/mol. The molecular weight excluding hydrogens is 316 g/mol. The minimum Gasteiger partial charge on any atom is -0.478 e. The number of nitrogen functional groups attached to an aromatic ring is 1. The first-order valence-corrected chi connectivity index (χ1v) is 7.66. The highest BCUT2D eigenvalue weighted by Gasteiger charge is 2.16. The first-order valence-electron chi connectivity index (χ1n) is 7.66. The maximum atomic E-state index is 11.3. The van der Waals surface area contributed by atoms with Crippen molar-refractivity contribution >= 4 is 22.8 Å². The summed E-state index contributed by atoms with van der Waals surface area (Å²) in [6.45, 7) is 0. The number of nitrogens with zero attached hydrogens (tertiary/aromatic N) is 3. The molecule has 6 heteroatoms. The highest BCUT2D eigenvalue weighted by atomic mass is 16.4. The van der Waals surface area contributed by atoms with E-state index in [-0.39, 0.29) is 5.56 Å². The number of benzene rings is 2. The summed E-state index contributed by atoms with van der Waals surface area (Å²) >= 11 is 0. The third kappa shape index (κ3) is 2.49. The molecule has 0 aliphatic rings. The van der Waals surface area contributed by atoms with E-state index in [2.05, 4.69) is 9.97 Å². The summed E-state index contributed by atoms with van der Waals surface area (Å²) in [5, 5.41) is 9.99. The molecule has 0 unspecified atom stereocenters. The molecule has 25 heavy (non-hydrogen) atoms. The molecule has 0 atom stereocenters. The summed E-state index contributed by atoms with van der Waals surface area (Å²) < 4.78 is 1.84. The first-order chi connectivity index (χ1) is 12.1. The molecule has 2 aromatic carbocycles. The summed E-state index contributed by atoms with van der Waals surface area (Å²) in [6.07, 6.45) is 3.32. The molecule has 0 saturated carbocycles. The predicted octanol–water partition coefficient (Wildman–Crippen LogP) is 3.37. The smallest absolute Gasteiger partial charge is 0.335 e. The Kier molecular flexibility index (Phi) is 3.43. The number of carboxylic acid groups (broad SMARTS) is 1. The fourth-order valence-electron chi connectivity index (χ4n) is 2.91. The summed E-state index contributed by atoms with van der Waals surface area (Å²) in [5.41, 5.74) is 9.53. The van der Waals surface area contributed by atoms with Crippen LogP contribution in [-0.4, -0.2) is 25.6 Å². The number of aromatic nitrogens is 3. The van der Waals surface area contributed by atoms with E-state index in [1.807, 2.05) is 47.2 Å². The molecule has 4 rings (SSSR count). The lowest BCUT2D eigenvalue weighted by molar-refractivity contribution is 0.0697. The van der Waals surface area contributed by atoms with E-state index in [1.165, 1.54) is 6.33 Å². The lowest BCUT2D eigenvalue weighted by atomic mass is 10.1. The van der Waals surface area contributed by atoms with Crippen LogP contribution in [0.5, 0.6) is 0 Å². The summed E-state index contributed by atoms with van der Waals surface area (Å²) in [5.74, 6) is -0.590. The van der Waals surface area contributed by atoms with Crippen molar-refractivity contribution in [1.82, 2.24) is 14.5 Å². The van der Waals surface area contributed by atoms with Crippen LogP contribution < -0.4 is 5.73 Å². The van der Waals surface area contributed by atoms with Crippen molar-refractivity contribution in [2.45, 2.75) is 0 Å². The van der Waals surface area contributed by atoms with Crippen LogP contribution in [0, 0.1) is 0 Å². The molecule has 0 bridgehead atoms. The van der Waals surface area contributed by atoms with Crippen molar-refractivity contribution in [1.29, 1.82) is 0 Å². The van der Waals surface area contributed by atoms with Crippen molar-refractivity contribution in [2.24, 2.45) is 0 Å². The zero-order chi connectivity index (χ0) is 17.4. The van der Waals surface area contributed by atoms with E-state index in [0.29, 0.717) is 17.2 Å². The maximum absolute atomic E-state index is 11.3. The number of carboxylic acids is 1. The van der Waals surface area contributed by atoms with E-state index in [0.717, 1.165) is 16.5 Å². The Bertz CT molecular complexity index is 1090. The lowest BCUT2D eigenvalue weighted by Gasteiger charge is -2.05. The van der Waals surface area contributed by atoms with Crippen LogP contribution in [0.2, 0.25) is 0 Å². The average Bonchev–Trinajstić information content (AvgIpc) is 3.04. The number of hydrogen-bond acceptors (Lipinski definition) is 4. The SMILES string of the molecule is Nc1ncnc2c1c(-c1ccccc1)cn2-c1cccc(C(=O)O)c1. The summed E-state index contributed by atoms with van der Waals surface area (Å²) in [7, 11) is 0. The molecule has 4 aromatic rings. The summed E-state index contributed by atoms with van der Waals surface area (Å²) in [6, 6.07) is 16.5. The molecule has 0 fully saturated rings. The van der Waals surface area contributed by atoms with Gasteiger partial charge in [0.05, 0.1) is 10.9 Å². The molecule has 122 valence electrons. The third-order valence-electron chi connectivity index (χ3n) is 4.07. The number of hydrogen-bond donors (Lipinski definition) is 2. The standard InChI is InChI=1S/C19H14N4O2/c20-17-16-15(12-5-2-1-3-6-12)10-23(18(16)22-11-21-17)14-8-4-7-13(9-14)19(24)25/h1-11H,(H,24,25)(H2,20,21,22). The molecular formula is C19H14N4O2. The predicted molar refractivity (Wildman–Crippen MR) is 95.7 cm³/mol. The Morgan fingerprint density at radius 2 is 1.84 bits per heavy atom. The van der Waals surface area contributed by atoms with Gasteiger partial charge in [-0.2, -0.15) is 0 Å². The minimum absolute atomic E-state index is 0.211. The van der Waals surface area contributed by atoms with E-state index < -0.39 is 5.97 Å². The van der Waals surface area contributed by atoms with Gasteiger partial charge in [0.2, 0.25) is 0 Å². The van der Waals surface area contributed by atoms with Gasteiger partial charge >= 0.3 is 5.97 Å². The van der Waals surface area contributed by atoms with E-state index in [1.54, 1.807) is 18.2 Å². The van der Waals surface area contributed by atoms with Gasteiger partial charge in [-0.25, -0.2) is 14.8 Å². The molecule has 2 heterocycles. The molecule has 0 aliphatic carbocycles. The second kappa shape index (κ2) is 5.76. The Labute approximate surface area is 143 Å². The molecule has 2 aromatic heterocycles. The fourth-order valence-corrected chi connectivity index (χ4v) is 2.91. The molecule has 0 spiro atoms. The zero-order valence-corrected chi connectivity index (χ0v) is 13.1. The van der Waals surface area contributed by atoms with Gasteiger partial charge < -0.3 is 15.4 Å². The van der Waals surface area contributed by atoms with Gasteiger partial charge in [0.1, 0.15) is 12.1 Å². The van der Waals surface area contributed by atoms with Gasteiger partial charge in [-0.05, 0) is 23.8 Å². The number of nitrogens with two attached hydrogens (primary N) is 1. The third-order valence-corrected chi connectivity index (χ3v) is 4.07. The number of fused-ring (bicyclic) bond motifs is 1. The van der Waals surface area contributed by atoms with Gasteiger partial charge in [0.25, 0.3) is 0 Å². The topological polar surface area (TPSA) is 94.0 Å². The molecule has 0 radical (unpaired) electrons. The second-order valence-corrected chi connectivity index (χ2v) is 5.59. The second-order valence-electron chi connectivity index (χ2n) is 5.59. The number of rotatable bonds is 3. The highest BCUT2D eigenvalue weighted by molar-refractivity contribution is 6.01. The normalized spacial score (nSPS) is 10.9. The van der Waals surface area contributed by atoms with Crippen molar-refractivity contribution in [3.8, 4) is 16.8 Å². The quantitative estimate of drug-likeness (QED) is 0.600. The van der Waals surface area contributed by atoms with Crippen LogP contribution in [0.15, 0.2) is 67.1 Å². The molecule has 6 nitrogen and oxygen atoms in total. The number of carbonyl (C=O) groups is 1. The van der Waals surface area contributed by atoms with Crippen molar-refractivity contribution in [3.63, 3.8) is 0 Å². The Balaban J connectivity index is 2.02. The first kappa shape index (κ1) is 14.9. The Morgan fingerprint density at radius 1 is 1.04 bits per heavy atom. The Morgan fingerprint density at radius 3 is 2.60 bits per heavy atom. The number of anilines is 1. The molecule has 0 aliphatic heterocycles. The van der Waals surface area contributed by atoms with Gasteiger partial charge in [-0.1, -0.05) is 36.4 Å².